The minimum atomic E-state index is 0.258. The molecule has 1 saturated carbocycles. The third kappa shape index (κ3) is 2.89. The first kappa shape index (κ1) is 15.1. The molecule has 0 aromatic heterocycles. The maximum Gasteiger partial charge on any atom is 0.0334 e. The van der Waals surface area contributed by atoms with E-state index in [1.807, 2.05) is 0 Å². The molecule has 2 heteroatoms. The van der Waals surface area contributed by atoms with Gasteiger partial charge in [0.2, 0.25) is 0 Å². The van der Waals surface area contributed by atoms with Crippen molar-refractivity contribution >= 4 is 0 Å². The second-order valence-corrected chi connectivity index (χ2v) is 7.38. The summed E-state index contributed by atoms with van der Waals surface area (Å²) in [6, 6.07) is 8.97. The lowest BCUT2D eigenvalue weighted by molar-refractivity contribution is 0.0241. The van der Waals surface area contributed by atoms with Crippen LogP contribution in [-0.4, -0.2) is 30.1 Å². The highest BCUT2D eigenvalue weighted by molar-refractivity contribution is 5.29. The van der Waals surface area contributed by atoms with E-state index in [9.17, 15) is 0 Å². The molecule has 1 heterocycles. The molecule has 3 rings (SSSR count). The molecule has 1 aliphatic carbocycles. The molecule has 3 atom stereocenters. The lowest BCUT2D eigenvalue weighted by Crippen LogP contribution is -2.57. The zero-order valence-corrected chi connectivity index (χ0v) is 13.6. The fourth-order valence-electron chi connectivity index (χ4n) is 4.43. The summed E-state index contributed by atoms with van der Waals surface area (Å²) < 4.78 is 0. The Bertz CT molecular complexity index is 457. The van der Waals surface area contributed by atoms with Gasteiger partial charge in [-0.1, -0.05) is 38.1 Å². The van der Waals surface area contributed by atoms with Crippen LogP contribution in [-0.2, 0) is 12.8 Å². The second-order valence-electron chi connectivity index (χ2n) is 7.38. The zero-order valence-electron chi connectivity index (χ0n) is 13.6. The zero-order chi connectivity index (χ0) is 14.9. The van der Waals surface area contributed by atoms with Crippen LogP contribution >= 0.6 is 0 Å². The van der Waals surface area contributed by atoms with Crippen molar-refractivity contribution in [2.45, 2.75) is 51.5 Å². The minimum absolute atomic E-state index is 0.258. The average molecular weight is 286 g/mol. The van der Waals surface area contributed by atoms with Crippen LogP contribution in [0.3, 0.4) is 0 Å². The van der Waals surface area contributed by atoms with Gasteiger partial charge in [0.05, 0.1) is 0 Å². The smallest absolute Gasteiger partial charge is 0.0334 e. The summed E-state index contributed by atoms with van der Waals surface area (Å²) in [5.41, 5.74) is 9.64. The molecule has 1 aromatic rings. The monoisotopic (exact) mass is 286 g/mol. The Balaban J connectivity index is 1.77. The van der Waals surface area contributed by atoms with Crippen molar-refractivity contribution < 1.29 is 0 Å². The summed E-state index contributed by atoms with van der Waals surface area (Å²) in [7, 11) is 0. The Labute approximate surface area is 129 Å². The van der Waals surface area contributed by atoms with E-state index in [1.165, 1.54) is 45.2 Å². The maximum atomic E-state index is 6.29. The van der Waals surface area contributed by atoms with Crippen LogP contribution in [0.25, 0.3) is 0 Å². The predicted molar refractivity (Wildman–Crippen MR) is 89.4 cm³/mol. The van der Waals surface area contributed by atoms with E-state index < -0.39 is 0 Å². The number of fused-ring (bicyclic) bond motifs is 1. The molecule has 116 valence electrons. The molecule has 3 unspecified atom stereocenters. The first-order valence-corrected chi connectivity index (χ1v) is 8.66. The maximum absolute atomic E-state index is 6.29. The summed E-state index contributed by atoms with van der Waals surface area (Å²) in [6.45, 7) is 8.00. The van der Waals surface area contributed by atoms with Gasteiger partial charge in [0.15, 0.2) is 0 Å². The molecule has 21 heavy (non-hydrogen) atoms. The van der Waals surface area contributed by atoms with Crippen molar-refractivity contribution in [1.82, 2.24) is 4.90 Å². The summed E-state index contributed by atoms with van der Waals surface area (Å²) in [5.74, 6) is 1.65. The molecular weight excluding hydrogens is 256 g/mol. The van der Waals surface area contributed by atoms with Crippen molar-refractivity contribution in [2.75, 3.05) is 19.6 Å². The van der Waals surface area contributed by atoms with E-state index in [1.54, 1.807) is 11.1 Å². The quantitative estimate of drug-likeness (QED) is 0.904. The van der Waals surface area contributed by atoms with E-state index >= 15 is 0 Å². The van der Waals surface area contributed by atoms with Gasteiger partial charge in [0.1, 0.15) is 0 Å². The Hall–Kier alpha value is -0.860. The van der Waals surface area contributed by atoms with Crippen molar-refractivity contribution in [3.63, 3.8) is 0 Å². The minimum Gasteiger partial charge on any atom is -0.329 e. The summed E-state index contributed by atoms with van der Waals surface area (Å²) >= 11 is 0. The van der Waals surface area contributed by atoms with Gasteiger partial charge in [-0.3, -0.25) is 4.90 Å². The molecule has 2 N–H and O–H groups in total. The fourth-order valence-corrected chi connectivity index (χ4v) is 4.43. The number of rotatable bonds is 2. The van der Waals surface area contributed by atoms with E-state index in [2.05, 4.69) is 43.0 Å². The largest absolute Gasteiger partial charge is 0.329 e. The van der Waals surface area contributed by atoms with E-state index in [0.29, 0.717) is 0 Å². The van der Waals surface area contributed by atoms with Crippen LogP contribution in [0.15, 0.2) is 24.3 Å². The molecule has 0 spiro atoms. The van der Waals surface area contributed by atoms with Crippen molar-refractivity contribution in [3.05, 3.63) is 35.4 Å². The summed E-state index contributed by atoms with van der Waals surface area (Å²) in [5, 5.41) is 0. The number of nitrogens with zero attached hydrogens (tertiary/aromatic N) is 1. The van der Waals surface area contributed by atoms with E-state index in [0.717, 1.165) is 18.4 Å². The second kappa shape index (κ2) is 6.10. The molecular formula is C19H30N2. The van der Waals surface area contributed by atoms with Gasteiger partial charge in [0, 0.05) is 25.2 Å². The SMILES string of the molecule is CC1CCC(CN)(N2CCc3ccccc3CC2)CC1C. The van der Waals surface area contributed by atoms with Gasteiger partial charge in [-0.05, 0) is 55.1 Å². The summed E-state index contributed by atoms with van der Waals surface area (Å²) in [4.78, 5) is 2.73. The molecule has 2 nitrogen and oxygen atoms in total. The highest BCUT2D eigenvalue weighted by Crippen LogP contribution is 2.40. The van der Waals surface area contributed by atoms with Crippen molar-refractivity contribution in [3.8, 4) is 0 Å². The molecule has 1 aliphatic heterocycles. The van der Waals surface area contributed by atoms with Crippen LogP contribution in [0.4, 0.5) is 0 Å². The Morgan fingerprint density at radius 3 is 2.24 bits per heavy atom. The average Bonchev–Trinajstić information content (AvgIpc) is 2.73. The molecule has 1 fully saturated rings. The number of nitrogens with two attached hydrogens (primary N) is 1. The standard InChI is InChI=1S/C19H30N2/c1-15-7-10-19(14-20,13-16(15)2)21-11-8-17-5-3-4-6-18(17)9-12-21/h3-6,15-16H,7-14,20H2,1-2H3. The van der Waals surface area contributed by atoms with Crippen molar-refractivity contribution in [1.29, 1.82) is 0 Å². The Kier molecular flexibility index (Phi) is 4.37. The van der Waals surface area contributed by atoms with Crippen molar-refractivity contribution in [2.24, 2.45) is 17.6 Å². The van der Waals surface area contributed by atoms with Gasteiger partial charge in [-0.25, -0.2) is 0 Å². The van der Waals surface area contributed by atoms with Gasteiger partial charge in [0.25, 0.3) is 0 Å². The third-order valence-electron chi connectivity index (χ3n) is 6.21. The fraction of sp³-hybridized carbons (Fsp3) is 0.684. The number of hydrogen-bond donors (Lipinski definition) is 1. The normalized spacial score (nSPS) is 34.2. The van der Waals surface area contributed by atoms with Crippen LogP contribution < -0.4 is 5.73 Å². The molecule has 0 bridgehead atoms. The van der Waals surface area contributed by atoms with Crippen LogP contribution in [0.5, 0.6) is 0 Å². The molecule has 1 aromatic carbocycles. The number of hydrogen-bond acceptors (Lipinski definition) is 2. The summed E-state index contributed by atoms with van der Waals surface area (Å²) in [6.07, 6.45) is 6.26. The molecule has 0 radical (unpaired) electrons. The molecule has 0 saturated heterocycles. The molecule has 2 aliphatic rings. The van der Waals surface area contributed by atoms with E-state index in [4.69, 9.17) is 5.73 Å². The predicted octanol–water partition coefficient (Wildman–Crippen LogP) is 3.24. The Morgan fingerprint density at radius 2 is 1.71 bits per heavy atom. The van der Waals surface area contributed by atoms with Crippen LogP contribution in [0.1, 0.15) is 44.2 Å². The van der Waals surface area contributed by atoms with Gasteiger partial charge in [-0.15, -0.1) is 0 Å². The first-order chi connectivity index (χ1) is 10.1. The van der Waals surface area contributed by atoms with E-state index in [-0.39, 0.29) is 5.54 Å². The number of benzene rings is 1. The lowest BCUT2D eigenvalue weighted by Gasteiger charge is -2.49. The highest BCUT2D eigenvalue weighted by atomic mass is 15.2. The van der Waals surface area contributed by atoms with Crippen LogP contribution in [0.2, 0.25) is 0 Å². The van der Waals surface area contributed by atoms with Crippen LogP contribution in [0, 0.1) is 11.8 Å². The Morgan fingerprint density at radius 1 is 1.10 bits per heavy atom. The van der Waals surface area contributed by atoms with Gasteiger partial charge in [-0.2, -0.15) is 0 Å². The first-order valence-electron chi connectivity index (χ1n) is 8.66. The molecule has 0 amide bonds. The highest BCUT2D eigenvalue weighted by Gasteiger charge is 2.41. The topological polar surface area (TPSA) is 29.3 Å². The van der Waals surface area contributed by atoms with Gasteiger partial charge >= 0.3 is 0 Å². The van der Waals surface area contributed by atoms with Gasteiger partial charge < -0.3 is 5.73 Å². The lowest BCUT2D eigenvalue weighted by atomic mass is 9.70. The third-order valence-corrected chi connectivity index (χ3v) is 6.21.